The van der Waals surface area contributed by atoms with Gasteiger partial charge in [-0.25, -0.2) is 4.98 Å². The van der Waals surface area contributed by atoms with Gasteiger partial charge in [0.25, 0.3) is 0 Å². The minimum absolute atomic E-state index is 0.0211. The molecule has 0 radical (unpaired) electrons. The molecule has 6 heteroatoms. The quantitative estimate of drug-likeness (QED) is 0.486. The lowest BCUT2D eigenvalue weighted by molar-refractivity contribution is -0.142. The van der Waals surface area contributed by atoms with E-state index in [0.29, 0.717) is 11.3 Å². The average Bonchev–Trinajstić information content (AvgIpc) is 2.54. The highest BCUT2D eigenvalue weighted by atomic mass is 35.5. The Bertz CT molecular complexity index is 822. The molecule has 0 bridgehead atoms. The van der Waals surface area contributed by atoms with Crippen LogP contribution in [-0.4, -0.2) is 16.9 Å². The SMILES string of the molecule is CC(=O)OCc1cc(C#Cc2ccccc2)c(OC(C)=O)c(Cl)n1. The van der Waals surface area contributed by atoms with Crippen molar-refractivity contribution in [1.29, 1.82) is 0 Å². The molecule has 1 heterocycles. The Hall–Kier alpha value is -2.84. The third kappa shape index (κ3) is 5.11. The Kier molecular flexibility index (Phi) is 5.94. The molecule has 1 aromatic heterocycles. The van der Waals surface area contributed by atoms with Crippen molar-refractivity contribution in [2.75, 3.05) is 0 Å². The fourth-order valence-corrected chi connectivity index (χ4v) is 2.05. The molecule has 122 valence electrons. The number of benzene rings is 1. The maximum atomic E-state index is 11.3. The van der Waals surface area contributed by atoms with Gasteiger partial charge in [0.2, 0.25) is 0 Å². The molecule has 0 aliphatic heterocycles. The average molecular weight is 344 g/mol. The van der Waals surface area contributed by atoms with Gasteiger partial charge in [-0.05, 0) is 18.2 Å². The summed E-state index contributed by atoms with van der Waals surface area (Å²) in [6, 6.07) is 10.9. The maximum absolute atomic E-state index is 11.3. The van der Waals surface area contributed by atoms with E-state index >= 15 is 0 Å². The molecule has 0 saturated carbocycles. The summed E-state index contributed by atoms with van der Waals surface area (Å²) >= 11 is 6.08. The number of rotatable bonds is 3. The lowest BCUT2D eigenvalue weighted by atomic mass is 10.1. The van der Waals surface area contributed by atoms with E-state index in [0.717, 1.165) is 5.56 Å². The lowest BCUT2D eigenvalue weighted by Crippen LogP contribution is -2.07. The fraction of sp³-hybridized carbons (Fsp3) is 0.167. The van der Waals surface area contributed by atoms with Crippen molar-refractivity contribution in [3.05, 3.63) is 58.4 Å². The highest BCUT2D eigenvalue weighted by Gasteiger charge is 2.14. The van der Waals surface area contributed by atoms with Crippen LogP contribution in [-0.2, 0) is 20.9 Å². The normalized spacial score (nSPS) is 9.62. The van der Waals surface area contributed by atoms with Gasteiger partial charge in [-0.1, -0.05) is 41.6 Å². The van der Waals surface area contributed by atoms with Crippen LogP contribution in [0.4, 0.5) is 0 Å². The van der Waals surface area contributed by atoms with Gasteiger partial charge in [0.05, 0.1) is 11.3 Å². The van der Waals surface area contributed by atoms with Crippen molar-refractivity contribution >= 4 is 23.5 Å². The van der Waals surface area contributed by atoms with Crippen molar-refractivity contribution in [3.63, 3.8) is 0 Å². The van der Waals surface area contributed by atoms with E-state index in [1.54, 1.807) is 6.07 Å². The highest BCUT2D eigenvalue weighted by molar-refractivity contribution is 6.31. The van der Waals surface area contributed by atoms with Crippen LogP contribution in [0.2, 0.25) is 5.15 Å². The summed E-state index contributed by atoms with van der Waals surface area (Å²) in [5.41, 5.74) is 1.58. The predicted octanol–water partition coefficient (Wildman–Crippen LogP) is 3.12. The summed E-state index contributed by atoms with van der Waals surface area (Å²) in [5.74, 6) is 4.98. The van der Waals surface area contributed by atoms with Gasteiger partial charge in [-0.2, -0.15) is 0 Å². The molecule has 0 aliphatic rings. The van der Waals surface area contributed by atoms with E-state index in [-0.39, 0.29) is 17.5 Å². The van der Waals surface area contributed by atoms with Crippen molar-refractivity contribution in [3.8, 4) is 17.6 Å². The van der Waals surface area contributed by atoms with Crippen LogP contribution in [0.15, 0.2) is 36.4 Å². The molecular formula is C18H14ClNO4. The number of ether oxygens (including phenoxy) is 2. The largest absolute Gasteiger partial charge is 0.459 e. The zero-order valence-electron chi connectivity index (χ0n) is 13.1. The van der Waals surface area contributed by atoms with Gasteiger partial charge in [-0.15, -0.1) is 0 Å². The smallest absolute Gasteiger partial charge is 0.308 e. The zero-order valence-corrected chi connectivity index (χ0v) is 13.9. The van der Waals surface area contributed by atoms with Crippen molar-refractivity contribution in [2.45, 2.75) is 20.5 Å². The minimum atomic E-state index is -0.533. The molecule has 24 heavy (non-hydrogen) atoms. The topological polar surface area (TPSA) is 65.5 Å². The van der Waals surface area contributed by atoms with Gasteiger partial charge in [0.1, 0.15) is 6.61 Å². The first-order valence-electron chi connectivity index (χ1n) is 7.04. The van der Waals surface area contributed by atoms with E-state index < -0.39 is 11.9 Å². The Morgan fingerprint density at radius 2 is 1.83 bits per heavy atom. The number of halogens is 1. The third-order valence-corrected chi connectivity index (χ3v) is 3.03. The predicted molar refractivity (Wildman–Crippen MR) is 88.4 cm³/mol. The van der Waals surface area contributed by atoms with E-state index in [9.17, 15) is 9.59 Å². The summed E-state index contributed by atoms with van der Waals surface area (Å²) in [6.07, 6.45) is 0. The summed E-state index contributed by atoms with van der Waals surface area (Å²) in [7, 11) is 0. The molecule has 5 nitrogen and oxygen atoms in total. The maximum Gasteiger partial charge on any atom is 0.308 e. The number of esters is 2. The van der Waals surface area contributed by atoms with Crippen LogP contribution in [0.25, 0.3) is 0 Å². The molecule has 0 amide bonds. The van der Waals surface area contributed by atoms with Gasteiger partial charge >= 0.3 is 11.9 Å². The van der Waals surface area contributed by atoms with Crippen molar-refractivity contribution < 1.29 is 19.1 Å². The Balaban J connectivity index is 2.42. The molecule has 1 aromatic carbocycles. The number of aromatic nitrogens is 1. The fourth-order valence-electron chi connectivity index (χ4n) is 1.80. The van der Waals surface area contributed by atoms with Crippen LogP contribution in [0.5, 0.6) is 5.75 Å². The lowest BCUT2D eigenvalue weighted by Gasteiger charge is -2.09. The van der Waals surface area contributed by atoms with Gasteiger partial charge < -0.3 is 9.47 Å². The van der Waals surface area contributed by atoms with Crippen LogP contribution >= 0.6 is 11.6 Å². The Morgan fingerprint density at radius 1 is 1.12 bits per heavy atom. The third-order valence-electron chi connectivity index (χ3n) is 2.77. The van der Waals surface area contributed by atoms with Gasteiger partial charge in [0, 0.05) is 19.4 Å². The number of hydrogen-bond acceptors (Lipinski definition) is 5. The van der Waals surface area contributed by atoms with E-state index in [1.807, 2.05) is 30.3 Å². The second-order valence-corrected chi connectivity index (χ2v) is 5.13. The number of nitrogens with zero attached hydrogens (tertiary/aromatic N) is 1. The highest BCUT2D eigenvalue weighted by Crippen LogP contribution is 2.28. The number of hydrogen-bond donors (Lipinski definition) is 0. The number of pyridine rings is 1. The van der Waals surface area contributed by atoms with Gasteiger partial charge in [-0.3, -0.25) is 9.59 Å². The molecular weight excluding hydrogens is 330 g/mol. The molecule has 0 aliphatic carbocycles. The van der Waals surface area contributed by atoms with E-state index in [4.69, 9.17) is 21.1 Å². The van der Waals surface area contributed by atoms with E-state index in [2.05, 4.69) is 16.8 Å². The van der Waals surface area contributed by atoms with Crippen LogP contribution in [0, 0.1) is 11.8 Å². The second kappa shape index (κ2) is 8.14. The second-order valence-electron chi connectivity index (χ2n) is 4.77. The van der Waals surface area contributed by atoms with Crippen LogP contribution in [0.3, 0.4) is 0 Å². The monoisotopic (exact) mass is 343 g/mol. The summed E-state index contributed by atoms with van der Waals surface area (Å²) in [6.45, 7) is 2.51. The summed E-state index contributed by atoms with van der Waals surface area (Å²) in [5, 5.41) is -0.0211. The van der Waals surface area contributed by atoms with Crippen LogP contribution in [0.1, 0.15) is 30.7 Å². The molecule has 0 unspecified atom stereocenters. The molecule has 0 fully saturated rings. The van der Waals surface area contributed by atoms with Crippen molar-refractivity contribution in [1.82, 2.24) is 4.98 Å². The molecule has 2 rings (SSSR count). The first-order valence-corrected chi connectivity index (χ1v) is 7.42. The Labute approximate surface area is 144 Å². The van der Waals surface area contributed by atoms with E-state index in [1.165, 1.54) is 13.8 Å². The van der Waals surface area contributed by atoms with Crippen LogP contribution < -0.4 is 4.74 Å². The molecule has 2 aromatic rings. The molecule has 0 atom stereocenters. The first kappa shape index (κ1) is 17.5. The Morgan fingerprint density at radius 3 is 2.46 bits per heavy atom. The zero-order chi connectivity index (χ0) is 17.5. The standard InChI is InChI=1S/C18H14ClNO4/c1-12(21)23-11-16-10-15(9-8-14-6-4-3-5-7-14)17(18(19)20-16)24-13(2)22/h3-7,10H,11H2,1-2H3. The molecule has 0 N–H and O–H groups in total. The molecule has 0 spiro atoms. The van der Waals surface area contributed by atoms with Gasteiger partial charge in [0.15, 0.2) is 10.9 Å². The van der Waals surface area contributed by atoms with Crippen molar-refractivity contribution in [2.24, 2.45) is 0 Å². The number of carbonyl (C=O) groups is 2. The summed E-state index contributed by atoms with van der Waals surface area (Å²) < 4.78 is 10.0. The number of carbonyl (C=O) groups excluding carboxylic acids is 2. The summed E-state index contributed by atoms with van der Waals surface area (Å²) in [4.78, 5) is 26.3. The minimum Gasteiger partial charge on any atom is -0.459 e. The first-order chi connectivity index (χ1) is 11.5. The molecule has 0 saturated heterocycles.